The number of benzene rings is 2. The summed E-state index contributed by atoms with van der Waals surface area (Å²) in [4.78, 5) is 6.65. The smallest absolute Gasteiger partial charge is 0.161 e. The molecule has 28 heavy (non-hydrogen) atoms. The van der Waals surface area contributed by atoms with E-state index >= 15 is 0 Å². The van der Waals surface area contributed by atoms with Gasteiger partial charge >= 0.3 is 0 Å². The maximum absolute atomic E-state index is 13.8. The topological polar surface area (TPSA) is 62.1 Å². The van der Waals surface area contributed by atoms with Gasteiger partial charge in [-0.15, -0.1) is 0 Å². The lowest BCUT2D eigenvalue weighted by Gasteiger charge is -2.25. The molecular weight excluding hydrogens is 355 g/mol. The van der Waals surface area contributed by atoms with Crippen molar-refractivity contribution in [3.8, 4) is 0 Å². The Morgan fingerprint density at radius 2 is 2.07 bits per heavy atom. The minimum atomic E-state index is -0.255. The van der Waals surface area contributed by atoms with Crippen molar-refractivity contribution < 1.29 is 4.39 Å². The van der Waals surface area contributed by atoms with Crippen LogP contribution in [0.5, 0.6) is 0 Å². The van der Waals surface area contributed by atoms with Crippen LogP contribution < -0.4 is 4.90 Å². The second-order valence-electron chi connectivity index (χ2n) is 6.73. The minimum absolute atomic E-state index is 0.255. The van der Waals surface area contributed by atoms with Crippen LogP contribution in [-0.4, -0.2) is 24.8 Å². The summed E-state index contributed by atoms with van der Waals surface area (Å²) in [6.07, 6.45) is 5.24. The highest BCUT2D eigenvalue weighted by atomic mass is 19.1. The number of hydrogen-bond donors (Lipinski definition) is 1. The molecule has 7 heteroatoms. The summed E-state index contributed by atoms with van der Waals surface area (Å²) in [5.41, 5.74) is 4.75. The molecule has 0 saturated heterocycles. The van der Waals surface area contributed by atoms with Crippen molar-refractivity contribution in [3.63, 3.8) is 0 Å². The third kappa shape index (κ3) is 2.77. The minimum Gasteiger partial charge on any atom is -0.320 e. The van der Waals surface area contributed by atoms with Crippen LogP contribution in [0, 0.1) is 12.7 Å². The fourth-order valence-electron chi connectivity index (χ4n) is 3.49. The number of aromatic nitrogens is 5. The van der Waals surface area contributed by atoms with E-state index in [1.807, 2.05) is 41.9 Å². The predicted octanol–water partition coefficient (Wildman–Crippen LogP) is 4.39. The molecule has 0 spiro atoms. The fourth-order valence-corrected chi connectivity index (χ4v) is 3.49. The lowest BCUT2D eigenvalue weighted by Crippen LogP contribution is -2.19. The zero-order chi connectivity index (χ0) is 19.1. The highest BCUT2D eigenvalue weighted by Crippen LogP contribution is 2.32. The summed E-state index contributed by atoms with van der Waals surface area (Å²) in [6.45, 7) is 2.50. The second kappa shape index (κ2) is 6.45. The molecule has 5 aromatic rings. The van der Waals surface area contributed by atoms with Crippen molar-refractivity contribution in [1.29, 1.82) is 0 Å². The highest BCUT2D eigenvalue weighted by Gasteiger charge is 2.18. The SMILES string of the molecule is Cc1ccn2ncnc(N(Cc3cccc(F)c3)c3ccc4[nH]ncc4c3)c12. The summed E-state index contributed by atoms with van der Waals surface area (Å²) in [6, 6.07) is 14.7. The Bertz CT molecular complexity index is 1290. The summed E-state index contributed by atoms with van der Waals surface area (Å²) < 4.78 is 15.6. The Kier molecular flexibility index (Phi) is 3.79. The van der Waals surface area contributed by atoms with Crippen molar-refractivity contribution in [3.05, 3.63) is 84.2 Å². The van der Waals surface area contributed by atoms with Gasteiger partial charge in [-0.3, -0.25) is 5.10 Å². The Hall–Kier alpha value is -3.74. The zero-order valence-corrected chi connectivity index (χ0v) is 15.2. The Labute approximate surface area is 160 Å². The number of hydrogen-bond acceptors (Lipinski definition) is 4. The first-order valence-electron chi connectivity index (χ1n) is 8.93. The molecule has 5 rings (SSSR count). The van der Waals surface area contributed by atoms with Crippen molar-refractivity contribution in [2.75, 3.05) is 4.90 Å². The molecule has 0 bridgehead atoms. The predicted molar refractivity (Wildman–Crippen MR) is 106 cm³/mol. The Morgan fingerprint density at radius 3 is 2.96 bits per heavy atom. The van der Waals surface area contributed by atoms with Crippen molar-refractivity contribution in [1.82, 2.24) is 24.8 Å². The van der Waals surface area contributed by atoms with Crippen molar-refractivity contribution in [2.24, 2.45) is 0 Å². The maximum Gasteiger partial charge on any atom is 0.161 e. The van der Waals surface area contributed by atoms with Gasteiger partial charge in [-0.05, 0) is 54.4 Å². The Morgan fingerprint density at radius 1 is 1.14 bits per heavy atom. The molecule has 0 aliphatic carbocycles. The quantitative estimate of drug-likeness (QED) is 0.508. The molecule has 2 aromatic carbocycles. The average Bonchev–Trinajstić information content (AvgIpc) is 3.32. The van der Waals surface area contributed by atoms with Gasteiger partial charge in [0.25, 0.3) is 0 Å². The van der Waals surface area contributed by atoms with Gasteiger partial charge < -0.3 is 4.90 Å². The van der Waals surface area contributed by atoms with Gasteiger partial charge in [-0.1, -0.05) is 12.1 Å². The van der Waals surface area contributed by atoms with Crippen LogP contribution >= 0.6 is 0 Å². The van der Waals surface area contributed by atoms with E-state index in [2.05, 4.69) is 31.2 Å². The molecule has 0 aliphatic rings. The van der Waals surface area contributed by atoms with E-state index in [4.69, 9.17) is 0 Å². The standard InChI is InChI=1S/C21H17FN6/c1-14-7-8-28-20(14)21(23-13-25-28)27(12-15-3-2-4-17(22)9-15)18-5-6-19-16(10-18)11-24-26-19/h2-11,13H,12H2,1H3,(H,24,26). The summed E-state index contributed by atoms with van der Waals surface area (Å²) in [5.74, 6) is 0.513. The second-order valence-corrected chi connectivity index (χ2v) is 6.73. The van der Waals surface area contributed by atoms with Gasteiger partial charge in [0.05, 0.1) is 11.7 Å². The molecule has 0 unspecified atom stereocenters. The number of fused-ring (bicyclic) bond motifs is 2. The van der Waals surface area contributed by atoms with E-state index < -0.39 is 0 Å². The van der Waals surface area contributed by atoms with Crippen LogP contribution in [0.2, 0.25) is 0 Å². The molecule has 0 saturated carbocycles. The fraction of sp³-hybridized carbons (Fsp3) is 0.0952. The Balaban J connectivity index is 1.70. The van der Waals surface area contributed by atoms with Gasteiger partial charge in [0.1, 0.15) is 17.7 Å². The lowest BCUT2D eigenvalue weighted by atomic mass is 10.1. The first-order chi connectivity index (χ1) is 13.7. The number of halogens is 1. The monoisotopic (exact) mass is 372 g/mol. The van der Waals surface area contributed by atoms with Crippen LogP contribution in [0.25, 0.3) is 16.4 Å². The third-order valence-electron chi connectivity index (χ3n) is 4.86. The van der Waals surface area contributed by atoms with Gasteiger partial charge in [0.2, 0.25) is 0 Å². The molecule has 0 atom stereocenters. The molecule has 0 radical (unpaired) electrons. The largest absolute Gasteiger partial charge is 0.320 e. The van der Waals surface area contributed by atoms with Crippen molar-refractivity contribution >= 4 is 27.9 Å². The van der Waals surface area contributed by atoms with Crippen LogP contribution in [-0.2, 0) is 6.54 Å². The molecule has 3 aromatic heterocycles. The van der Waals surface area contributed by atoms with Crippen molar-refractivity contribution in [2.45, 2.75) is 13.5 Å². The number of aromatic amines is 1. The molecule has 3 heterocycles. The number of nitrogens with zero attached hydrogens (tertiary/aromatic N) is 5. The van der Waals surface area contributed by atoms with Crippen LogP contribution in [0.4, 0.5) is 15.9 Å². The number of aryl methyl sites for hydroxylation is 1. The third-order valence-corrected chi connectivity index (χ3v) is 4.86. The molecule has 138 valence electrons. The van der Waals surface area contributed by atoms with E-state index in [0.29, 0.717) is 6.54 Å². The maximum atomic E-state index is 13.8. The van der Waals surface area contributed by atoms with E-state index in [0.717, 1.165) is 39.1 Å². The van der Waals surface area contributed by atoms with E-state index in [9.17, 15) is 4.39 Å². The average molecular weight is 372 g/mol. The number of rotatable bonds is 4. The molecule has 0 aliphatic heterocycles. The molecule has 1 N–H and O–H groups in total. The van der Waals surface area contributed by atoms with E-state index in [1.54, 1.807) is 18.3 Å². The van der Waals surface area contributed by atoms with Gasteiger partial charge in [-0.25, -0.2) is 13.9 Å². The van der Waals surface area contributed by atoms with Crippen LogP contribution in [0.15, 0.2) is 67.3 Å². The number of anilines is 2. The molecule has 0 fully saturated rings. The summed E-state index contributed by atoms with van der Waals surface area (Å²) >= 11 is 0. The number of nitrogens with one attached hydrogen (secondary N) is 1. The summed E-state index contributed by atoms with van der Waals surface area (Å²) in [7, 11) is 0. The lowest BCUT2D eigenvalue weighted by molar-refractivity contribution is 0.625. The molecule has 0 amide bonds. The highest BCUT2D eigenvalue weighted by molar-refractivity contribution is 5.85. The normalized spacial score (nSPS) is 11.4. The first kappa shape index (κ1) is 16.4. The van der Waals surface area contributed by atoms with E-state index in [-0.39, 0.29) is 5.82 Å². The zero-order valence-electron chi connectivity index (χ0n) is 15.2. The van der Waals surface area contributed by atoms with Gasteiger partial charge in [0, 0.05) is 23.8 Å². The van der Waals surface area contributed by atoms with Crippen LogP contribution in [0.1, 0.15) is 11.1 Å². The van der Waals surface area contributed by atoms with Gasteiger partial charge in [-0.2, -0.15) is 10.2 Å². The molecular formula is C21H17FN6. The molecule has 6 nitrogen and oxygen atoms in total. The summed E-state index contributed by atoms with van der Waals surface area (Å²) in [5, 5.41) is 12.4. The van der Waals surface area contributed by atoms with Gasteiger partial charge in [0.15, 0.2) is 5.82 Å². The van der Waals surface area contributed by atoms with Crippen LogP contribution in [0.3, 0.4) is 0 Å². The first-order valence-corrected chi connectivity index (χ1v) is 8.93. The number of H-pyrrole nitrogens is 1. The van der Waals surface area contributed by atoms with E-state index in [1.165, 1.54) is 12.4 Å².